The first-order chi connectivity index (χ1) is 21.5. The molecule has 0 saturated carbocycles. The van der Waals surface area contributed by atoms with E-state index in [1.807, 2.05) is 48.5 Å². The Labute approximate surface area is 271 Å². The molecular weight excluding hydrogens is 596 g/mol. The van der Waals surface area contributed by atoms with Crippen molar-refractivity contribution in [1.82, 2.24) is 21.3 Å². The normalized spacial score (nSPS) is 17.4. The first kappa shape index (κ1) is 35.6. The fourth-order valence-corrected chi connectivity index (χ4v) is 5.00. The highest BCUT2D eigenvalue weighted by atomic mass is 35.5. The zero-order chi connectivity index (χ0) is 31.0. The number of halogens is 1. The number of carbonyl (C=O) groups is 2. The van der Waals surface area contributed by atoms with Gasteiger partial charge in [-0.3, -0.25) is 9.98 Å². The fraction of sp³-hybridized carbons (Fsp3) is 0.500. The lowest BCUT2D eigenvalue weighted by Gasteiger charge is -2.19. The number of aliphatic hydroxyl groups excluding tert-OH is 2. The molecule has 2 heterocycles. The van der Waals surface area contributed by atoms with E-state index >= 15 is 0 Å². The number of benzene rings is 2. The van der Waals surface area contributed by atoms with Crippen LogP contribution in [0.4, 0.5) is 21.0 Å². The van der Waals surface area contributed by atoms with Crippen molar-refractivity contribution in [2.24, 2.45) is 9.98 Å². The maximum Gasteiger partial charge on any atom is 0.319 e. The van der Waals surface area contributed by atoms with E-state index in [-0.39, 0.29) is 24.5 Å². The maximum absolute atomic E-state index is 12.3. The Morgan fingerprint density at radius 1 is 0.667 bits per heavy atom. The number of hydrogen-bond donors (Lipinski definition) is 8. The van der Waals surface area contributed by atoms with Gasteiger partial charge in [-0.25, -0.2) is 9.59 Å². The second-order valence-corrected chi connectivity index (χ2v) is 11.2. The molecule has 2 aromatic carbocycles. The third-order valence-electron chi connectivity index (χ3n) is 7.39. The highest BCUT2D eigenvalue weighted by Crippen LogP contribution is 2.14. The predicted octanol–water partition coefficient (Wildman–Crippen LogP) is 3.59. The van der Waals surface area contributed by atoms with Crippen molar-refractivity contribution in [3.63, 3.8) is 0 Å². The van der Waals surface area contributed by atoms with Gasteiger partial charge in [-0.05, 0) is 37.1 Å². The molecule has 13 heteroatoms. The zero-order valence-corrected chi connectivity index (χ0v) is 26.5. The molecule has 0 spiro atoms. The quantitative estimate of drug-likeness (QED) is 0.138. The van der Waals surface area contributed by atoms with Crippen molar-refractivity contribution in [2.75, 3.05) is 49.9 Å². The molecule has 0 fully saturated rings. The molecule has 0 radical (unpaired) electrons. The van der Waals surface area contributed by atoms with Crippen LogP contribution in [-0.4, -0.2) is 85.4 Å². The van der Waals surface area contributed by atoms with Gasteiger partial charge in [0.25, 0.3) is 0 Å². The largest absolute Gasteiger partial charge is 0.389 e. The Morgan fingerprint density at radius 2 is 1.07 bits per heavy atom. The summed E-state index contributed by atoms with van der Waals surface area (Å²) in [6.07, 6.45) is 7.69. The van der Waals surface area contributed by atoms with Gasteiger partial charge >= 0.3 is 12.1 Å². The van der Waals surface area contributed by atoms with Crippen LogP contribution in [0.1, 0.15) is 62.5 Å². The van der Waals surface area contributed by atoms with Crippen molar-refractivity contribution in [1.29, 1.82) is 0 Å². The number of carbonyl (C=O) groups excluding carboxylic acids is 2. The topological polar surface area (TPSA) is 172 Å². The lowest BCUT2D eigenvalue weighted by atomic mass is 10.1. The number of anilines is 2. The van der Waals surface area contributed by atoms with Crippen LogP contribution in [0, 0.1) is 0 Å². The van der Waals surface area contributed by atoms with Crippen LogP contribution in [0.2, 0.25) is 0 Å². The summed E-state index contributed by atoms with van der Waals surface area (Å²) in [6.45, 7) is 2.95. The fourth-order valence-electron chi connectivity index (χ4n) is 5.00. The second kappa shape index (κ2) is 19.5. The molecule has 12 nitrogen and oxygen atoms in total. The summed E-state index contributed by atoms with van der Waals surface area (Å²) in [5.74, 6) is 1.45. The highest BCUT2D eigenvalue weighted by Gasteiger charge is 2.15. The van der Waals surface area contributed by atoms with Crippen LogP contribution in [0.25, 0.3) is 0 Å². The summed E-state index contributed by atoms with van der Waals surface area (Å²) in [4.78, 5) is 33.2. The molecule has 246 valence electrons. The third-order valence-corrected chi connectivity index (χ3v) is 7.39. The lowest BCUT2D eigenvalue weighted by Crippen LogP contribution is -2.39. The summed E-state index contributed by atoms with van der Waals surface area (Å²) in [7, 11) is 0. The maximum atomic E-state index is 12.3. The van der Waals surface area contributed by atoms with Gasteiger partial charge in [0, 0.05) is 48.7 Å². The number of nitrogens with one attached hydrogen (secondary N) is 6. The number of aliphatic hydroxyl groups is 2. The van der Waals surface area contributed by atoms with E-state index < -0.39 is 12.2 Å². The van der Waals surface area contributed by atoms with Crippen molar-refractivity contribution >= 4 is 47.5 Å². The predicted molar refractivity (Wildman–Crippen MR) is 182 cm³/mol. The van der Waals surface area contributed by atoms with Crippen LogP contribution in [-0.2, 0) is 0 Å². The second-order valence-electron chi connectivity index (χ2n) is 11.2. The van der Waals surface area contributed by atoms with Crippen LogP contribution >= 0.6 is 12.4 Å². The Balaban J connectivity index is 0.00000552. The molecular formula is C32H47ClN8O4. The van der Waals surface area contributed by atoms with Gasteiger partial charge in [0.15, 0.2) is 0 Å². The summed E-state index contributed by atoms with van der Waals surface area (Å²) >= 11 is 0. The van der Waals surface area contributed by atoms with E-state index in [0.717, 1.165) is 74.2 Å². The molecule has 8 N–H and O–H groups in total. The van der Waals surface area contributed by atoms with Crippen LogP contribution in [0.5, 0.6) is 0 Å². The third kappa shape index (κ3) is 12.9. The van der Waals surface area contributed by atoms with Crippen LogP contribution in [0.15, 0.2) is 58.5 Å². The SMILES string of the molecule is Cl.O=C(NCCCCCCCCCCNC(=O)Nc1cccc(C2=NCC(O)CN2)c1)Nc1cccc(C2=NCC(O)CN2)c1. The molecule has 2 unspecified atom stereocenters. The number of aliphatic imine (C=N–C) groups is 2. The number of β-amino-alcohol motifs (C(OH)–C–C–N with tert-alkyl or cyclic N) is 2. The minimum absolute atomic E-state index is 0. The van der Waals surface area contributed by atoms with E-state index in [9.17, 15) is 19.8 Å². The average molecular weight is 643 g/mol. The van der Waals surface area contributed by atoms with E-state index in [1.54, 1.807) is 0 Å². The number of urea groups is 2. The molecule has 4 amide bonds. The molecule has 2 atom stereocenters. The molecule has 0 bridgehead atoms. The van der Waals surface area contributed by atoms with Gasteiger partial charge in [-0.15, -0.1) is 12.4 Å². The minimum Gasteiger partial charge on any atom is -0.389 e. The van der Waals surface area contributed by atoms with E-state index in [0.29, 0.717) is 50.6 Å². The minimum atomic E-state index is -0.463. The van der Waals surface area contributed by atoms with Crippen LogP contribution < -0.4 is 31.9 Å². The van der Waals surface area contributed by atoms with Gasteiger partial charge in [0.2, 0.25) is 0 Å². The van der Waals surface area contributed by atoms with Crippen molar-refractivity contribution in [2.45, 2.75) is 63.6 Å². The van der Waals surface area contributed by atoms with Gasteiger partial charge in [-0.2, -0.15) is 0 Å². The first-order valence-electron chi connectivity index (χ1n) is 15.7. The molecule has 2 aliphatic heterocycles. The van der Waals surface area contributed by atoms with Crippen molar-refractivity contribution in [3.05, 3.63) is 59.7 Å². The molecule has 0 aliphatic carbocycles. The standard InChI is InChI=1S/C32H46N8O4.ClH/c41-27-19-35-29(36-20-27)23-11-9-13-25(17-23)39-31(43)33-15-7-5-3-1-2-4-6-8-16-34-32(44)40-26-14-10-12-24(18-26)30-37-21-28(42)22-38-30;/h9-14,17-18,27-28,41-42H,1-8,15-16,19-22H2,(H,35,36)(H,37,38)(H2,33,39,43)(H2,34,40,44);1H. The lowest BCUT2D eigenvalue weighted by molar-refractivity contribution is 0.181. The molecule has 2 aliphatic rings. The van der Waals surface area contributed by atoms with Gasteiger partial charge in [0.1, 0.15) is 11.7 Å². The number of nitrogens with zero attached hydrogens (tertiary/aromatic N) is 2. The summed E-state index contributed by atoms with van der Waals surface area (Å²) in [5, 5.41) is 37.0. The molecule has 0 aromatic heterocycles. The van der Waals surface area contributed by atoms with E-state index in [1.165, 1.54) is 0 Å². The molecule has 2 aromatic rings. The highest BCUT2D eigenvalue weighted by molar-refractivity contribution is 6.01. The smallest absolute Gasteiger partial charge is 0.319 e. The Hall–Kier alpha value is -3.87. The average Bonchev–Trinajstić information content (AvgIpc) is 3.02. The number of unbranched alkanes of at least 4 members (excludes halogenated alkanes) is 7. The summed E-state index contributed by atoms with van der Waals surface area (Å²) in [6, 6.07) is 14.6. The number of amidine groups is 2. The van der Waals surface area contributed by atoms with E-state index in [2.05, 4.69) is 41.9 Å². The van der Waals surface area contributed by atoms with Crippen LogP contribution in [0.3, 0.4) is 0 Å². The van der Waals surface area contributed by atoms with Crippen molar-refractivity contribution < 1.29 is 19.8 Å². The first-order valence-corrected chi connectivity index (χ1v) is 15.7. The zero-order valence-electron chi connectivity index (χ0n) is 25.7. The van der Waals surface area contributed by atoms with Crippen molar-refractivity contribution in [3.8, 4) is 0 Å². The molecule has 4 rings (SSSR count). The monoisotopic (exact) mass is 642 g/mol. The Kier molecular flexibility index (Phi) is 15.4. The van der Waals surface area contributed by atoms with Gasteiger partial charge < -0.3 is 42.1 Å². The Bertz CT molecular complexity index is 1190. The summed E-state index contributed by atoms with van der Waals surface area (Å²) in [5.41, 5.74) is 3.15. The summed E-state index contributed by atoms with van der Waals surface area (Å²) < 4.78 is 0. The molecule has 0 saturated heterocycles. The number of rotatable bonds is 15. The van der Waals surface area contributed by atoms with E-state index in [4.69, 9.17) is 0 Å². The van der Waals surface area contributed by atoms with Gasteiger partial charge in [0.05, 0.1) is 25.3 Å². The Morgan fingerprint density at radius 3 is 1.44 bits per heavy atom. The molecule has 45 heavy (non-hydrogen) atoms. The van der Waals surface area contributed by atoms with Gasteiger partial charge in [-0.1, -0.05) is 62.8 Å². The number of amides is 4. The number of hydrogen-bond acceptors (Lipinski definition) is 8.